The first-order chi connectivity index (χ1) is 16.2. The molecule has 1 aromatic heterocycles. The lowest BCUT2D eigenvalue weighted by molar-refractivity contribution is -0.140. The minimum Gasteiger partial charge on any atom is -0.440 e. The van der Waals surface area contributed by atoms with Gasteiger partial charge in [-0.25, -0.2) is 4.98 Å². The van der Waals surface area contributed by atoms with Gasteiger partial charge in [-0.15, -0.1) is 0 Å². The van der Waals surface area contributed by atoms with Gasteiger partial charge in [0.1, 0.15) is 5.52 Å². The van der Waals surface area contributed by atoms with E-state index in [0.29, 0.717) is 32.5 Å². The van der Waals surface area contributed by atoms with Crippen molar-refractivity contribution in [1.82, 2.24) is 14.8 Å². The molecular formula is C27H29N3O3. The maximum atomic E-state index is 13.2. The van der Waals surface area contributed by atoms with Crippen molar-refractivity contribution in [1.29, 1.82) is 0 Å². The van der Waals surface area contributed by atoms with Crippen LogP contribution in [0.3, 0.4) is 0 Å². The highest BCUT2D eigenvalue weighted by atomic mass is 16.3. The van der Waals surface area contributed by atoms with Gasteiger partial charge in [0.05, 0.1) is 5.92 Å². The van der Waals surface area contributed by atoms with Crippen molar-refractivity contribution in [3.05, 3.63) is 72.1 Å². The van der Waals surface area contributed by atoms with Crippen molar-refractivity contribution in [2.75, 3.05) is 26.2 Å². The third-order valence-corrected chi connectivity index (χ3v) is 6.77. The highest BCUT2D eigenvalue weighted by Crippen LogP contribution is 2.31. The molecule has 0 saturated carbocycles. The summed E-state index contributed by atoms with van der Waals surface area (Å²) in [7, 11) is 0. The molecule has 2 aliphatic heterocycles. The summed E-state index contributed by atoms with van der Waals surface area (Å²) >= 11 is 0. The molecule has 0 N–H and O–H groups in total. The van der Waals surface area contributed by atoms with E-state index in [2.05, 4.69) is 4.98 Å². The van der Waals surface area contributed by atoms with Crippen LogP contribution in [-0.2, 0) is 9.59 Å². The van der Waals surface area contributed by atoms with Crippen molar-refractivity contribution < 1.29 is 14.0 Å². The van der Waals surface area contributed by atoms with Crippen LogP contribution >= 0.6 is 0 Å². The molecule has 5 rings (SSSR count). The van der Waals surface area contributed by atoms with E-state index < -0.39 is 0 Å². The standard InChI is InChI=1S/C27H29N3O3/c31-25(13-12-20-7-2-1-3-8-20)29-17-14-21(15-18-29)27(32)30-16-6-9-22(19-30)26-28-23-10-4-5-11-24(23)33-26/h1-5,7-8,10-13,21-22H,6,9,14-19H2/b13-12+. The predicted octanol–water partition coefficient (Wildman–Crippen LogP) is 4.49. The van der Waals surface area contributed by atoms with Crippen molar-refractivity contribution in [3.8, 4) is 0 Å². The fourth-order valence-corrected chi connectivity index (χ4v) is 4.89. The largest absolute Gasteiger partial charge is 0.440 e. The molecule has 2 saturated heterocycles. The number of para-hydroxylation sites is 2. The first kappa shape index (κ1) is 21.4. The van der Waals surface area contributed by atoms with Gasteiger partial charge in [0.15, 0.2) is 11.5 Å². The molecule has 6 heteroatoms. The minimum absolute atomic E-state index is 0.0127. The third kappa shape index (κ3) is 4.85. The number of carbonyl (C=O) groups is 2. The molecule has 1 unspecified atom stereocenters. The van der Waals surface area contributed by atoms with Gasteiger partial charge in [0.2, 0.25) is 11.8 Å². The van der Waals surface area contributed by atoms with Gasteiger partial charge in [0, 0.05) is 38.2 Å². The van der Waals surface area contributed by atoms with Gasteiger partial charge in [-0.3, -0.25) is 9.59 Å². The lowest BCUT2D eigenvalue weighted by Crippen LogP contribution is -2.46. The van der Waals surface area contributed by atoms with Crippen LogP contribution in [0.25, 0.3) is 17.2 Å². The molecule has 2 aliphatic rings. The number of benzene rings is 2. The van der Waals surface area contributed by atoms with Crippen molar-refractivity contribution in [3.63, 3.8) is 0 Å². The minimum atomic E-state index is -0.0189. The predicted molar refractivity (Wildman–Crippen MR) is 127 cm³/mol. The number of carbonyl (C=O) groups excluding carboxylic acids is 2. The smallest absolute Gasteiger partial charge is 0.246 e. The van der Waals surface area contributed by atoms with Crippen LogP contribution < -0.4 is 0 Å². The van der Waals surface area contributed by atoms with Crippen LogP contribution in [0.5, 0.6) is 0 Å². The maximum absolute atomic E-state index is 13.2. The van der Waals surface area contributed by atoms with Gasteiger partial charge in [-0.2, -0.15) is 0 Å². The van der Waals surface area contributed by atoms with E-state index in [1.807, 2.05) is 70.5 Å². The molecule has 0 radical (unpaired) electrons. The SMILES string of the molecule is O=C(/C=C/c1ccccc1)N1CCC(C(=O)N2CCCC(c3nc4ccccc4o3)C2)CC1. The van der Waals surface area contributed by atoms with Gasteiger partial charge >= 0.3 is 0 Å². The average molecular weight is 444 g/mol. The zero-order chi connectivity index (χ0) is 22.6. The van der Waals surface area contributed by atoms with Gasteiger partial charge in [-0.1, -0.05) is 42.5 Å². The summed E-state index contributed by atoms with van der Waals surface area (Å²) in [5.74, 6) is 1.08. The van der Waals surface area contributed by atoms with E-state index in [0.717, 1.165) is 41.9 Å². The summed E-state index contributed by atoms with van der Waals surface area (Å²) in [6.45, 7) is 2.69. The Morgan fingerprint density at radius 2 is 1.67 bits per heavy atom. The molecule has 2 amide bonds. The first-order valence-corrected chi connectivity index (χ1v) is 11.8. The Hall–Kier alpha value is -3.41. The monoisotopic (exact) mass is 443 g/mol. The molecule has 33 heavy (non-hydrogen) atoms. The molecule has 3 aromatic rings. The number of rotatable bonds is 4. The van der Waals surface area contributed by atoms with E-state index in [1.165, 1.54) is 0 Å². The lowest BCUT2D eigenvalue weighted by atomic mass is 9.92. The summed E-state index contributed by atoms with van der Waals surface area (Å²) < 4.78 is 5.98. The van der Waals surface area contributed by atoms with Crippen LogP contribution in [0, 0.1) is 5.92 Å². The number of hydrogen-bond donors (Lipinski definition) is 0. The average Bonchev–Trinajstić information content (AvgIpc) is 3.32. The topological polar surface area (TPSA) is 66.7 Å². The third-order valence-electron chi connectivity index (χ3n) is 6.77. The summed E-state index contributed by atoms with van der Waals surface area (Å²) in [6, 6.07) is 17.6. The number of aromatic nitrogens is 1. The van der Waals surface area contributed by atoms with E-state index in [1.54, 1.807) is 6.08 Å². The van der Waals surface area contributed by atoms with Crippen molar-refractivity contribution in [2.45, 2.75) is 31.6 Å². The van der Waals surface area contributed by atoms with Crippen LogP contribution in [0.2, 0.25) is 0 Å². The van der Waals surface area contributed by atoms with Gasteiger partial charge < -0.3 is 14.2 Å². The number of hydrogen-bond acceptors (Lipinski definition) is 4. The van der Waals surface area contributed by atoms with Crippen LogP contribution in [-0.4, -0.2) is 52.8 Å². The number of piperidine rings is 2. The Bertz CT molecular complexity index is 1110. The van der Waals surface area contributed by atoms with E-state index in [-0.39, 0.29) is 23.7 Å². The lowest BCUT2D eigenvalue weighted by Gasteiger charge is -2.37. The summed E-state index contributed by atoms with van der Waals surface area (Å²) in [5, 5.41) is 0. The number of fused-ring (bicyclic) bond motifs is 1. The molecule has 1 atom stereocenters. The van der Waals surface area contributed by atoms with Gasteiger partial charge in [-0.05, 0) is 49.5 Å². The Kier molecular flexibility index (Phi) is 6.24. The highest BCUT2D eigenvalue weighted by molar-refractivity contribution is 5.92. The molecule has 3 heterocycles. The molecular weight excluding hydrogens is 414 g/mol. The molecule has 170 valence electrons. The van der Waals surface area contributed by atoms with Crippen LogP contribution in [0.15, 0.2) is 65.1 Å². The fourth-order valence-electron chi connectivity index (χ4n) is 4.89. The Morgan fingerprint density at radius 3 is 2.45 bits per heavy atom. The van der Waals surface area contributed by atoms with Crippen LogP contribution in [0.1, 0.15) is 43.1 Å². The van der Waals surface area contributed by atoms with E-state index in [4.69, 9.17) is 4.42 Å². The zero-order valence-corrected chi connectivity index (χ0v) is 18.7. The molecule has 0 spiro atoms. The molecule has 0 bridgehead atoms. The quantitative estimate of drug-likeness (QED) is 0.558. The van der Waals surface area contributed by atoms with E-state index in [9.17, 15) is 9.59 Å². The Morgan fingerprint density at radius 1 is 0.909 bits per heavy atom. The molecule has 2 aromatic carbocycles. The number of amides is 2. The number of oxazole rings is 1. The zero-order valence-electron chi connectivity index (χ0n) is 18.7. The second kappa shape index (κ2) is 9.61. The normalized spacial score (nSPS) is 19.9. The van der Waals surface area contributed by atoms with Gasteiger partial charge in [0.25, 0.3) is 0 Å². The number of nitrogens with zero attached hydrogens (tertiary/aromatic N) is 3. The molecule has 2 fully saturated rings. The summed E-state index contributed by atoms with van der Waals surface area (Å²) in [6.07, 6.45) is 6.85. The first-order valence-electron chi connectivity index (χ1n) is 11.8. The van der Waals surface area contributed by atoms with Crippen LogP contribution in [0.4, 0.5) is 0 Å². The molecule has 6 nitrogen and oxygen atoms in total. The van der Waals surface area contributed by atoms with Crippen molar-refractivity contribution >= 4 is 29.0 Å². The summed E-state index contributed by atoms with van der Waals surface area (Å²) in [5.41, 5.74) is 2.68. The second-order valence-electron chi connectivity index (χ2n) is 8.99. The highest BCUT2D eigenvalue weighted by Gasteiger charge is 2.33. The fraction of sp³-hybridized carbons (Fsp3) is 0.370. The Labute approximate surface area is 193 Å². The maximum Gasteiger partial charge on any atom is 0.246 e. The Balaban J connectivity index is 1.16. The summed E-state index contributed by atoms with van der Waals surface area (Å²) in [4.78, 5) is 34.3. The number of likely N-dealkylation sites (tertiary alicyclic amines) is 2. The van der Waals surface area contributed by atoms with Crippen molar-refractivity contribution in [2.24, 2.45) is 5.92 Å². The second-order valence-corrected chi connectivity index (χ2v) is 8.99. The van der Waals surface area contributed by atoms with E-state index >= 15 is 0 Å². The molecule has 0 aliphatic carbocycles.